The second-order valence-electron chi connectivity index (χ2n) is 7.99. The summed E-state index contributed by atoms with van der Waals surface area (Å²) in [5.41, 5.74) is -1.03. The summed E-state index contributed by atoms with van der Waals surface area (Å²) in [5.74, 6) is -2.38. The number of unbranched alkanes of at least 4 members (excludes halogenated alkanes) is 1. The van der Waals surface area contributed by atoms with Gasteiger partial charge in [-0.15, -0.1) is 6.58 Å². The Balaban J connectivity index is 1.97. The monoisotopic (exact) mass is 408 g/mol. The van der Waals surface area contributed by atoms with E-state index in [4.69, 9.17) is 9.47 Å². The fourth-order valence-electron chi connectivity index (χ4n) is 5.26. The van der Waals surface area contributed by atoms with Gasteiger partial charge in [0, 0.05) is 19.6 Å². The van der Waals surface area contributed by atoms with Gasteiger partial charge in [-0.25, -0.2) is 0 Å². The predicted molar refractivity (Wildman–Crippen MR) is 105 cm³/mol. The van der Waals surface area contributed by atoms with E-state index >= 15 is 0 Å². The highest BCUT2D eigenvalue weighted by molar-refractivity contribution is 5.98. The lowest BCUT2D eigenvalue weighted by atomic mass is 9.70. The van der Waals surface area contributed by atoms with Gasteiger partial charge in [-0.3, -0.25) is 14.4 Å². The third kappa shape index (κ3) is 3.46. The van der Waals surface area contributed by atoms with Crippen molar-refractivity contribution in [2.45, 2.75) is 57.3 Å². The van der Waals surface area contributed by atoms with Crippen molar-refractivity contribution in [3.05, 3.63) is 12.7 Å². The maximum atomic E-state index is 13.6. The summed E-state index contributed by atoms with van der Waals surface area (Å²) < 4.78 is 11.5. The van der Waals surface area contributed by atoms with Gasteiger partial charge in [0.25, 0.3) is 0 Å². The first-order valence-corrected chi connectivity index (χ1v) is 10.6. The Hall–Kier alpha value is -1.93. The van der Waals surface area contributed by atoms with Crippen LogP contribution in [0.25, 0.3) is 0 Å². The molecule has 0 aliphatic carbocycles. The molecule has 3 aliphatic heterocycles. The maximum absolute atomic E-state index is 13.6. The van der Waals surface area contributed by atoms with E-state index in [-0.39, 0.29) is 31.6 Å². The third-order valence-corrected chi connectivity index (χ3v) is 6.38. The molecule has 0 radical (unpaired) electrons. The van der Waals surface area contributed by atoms with E-state index in [2.05, 4.69) is 6.58 Å². The first kappa shape index (κ1) is 21.8. The second-order valence-corrected chi connectivity index (χ2v) is 7.99. The van der Waals surface area contributed by atoms with Crippen LogP contribution >= 0.6 is 0 Å². The van der Waals surface area contributed by atoms with E-state index in [0.717, 1.165) is 12.8 Å². The number of amides is 2. The van der Waals surface area contributed by atoms with Gasteiger partial charge in [-0.2, -0.15) is 0 Å². The smallest absolute Gasteiger partial charge is 0.312 e. The van der Waals surface area contributed by atoms with Crippen LogP contribution in [-0.2, 0) is 23.9 Å². The van der Waals surface area contributed by atoms with Gasteiger partial charge in [0.05, 0.1) is 31.2 Å². The molecule has 2 amide bonds. The summed E-state index contributed by atoms with van der Waals surface area (Å²) in [6.45, 7) is 8.46. The van der Waals surface area contributed by atoms with Crippen LogP contribution in [0.3, 0.4) is 0 Å². The van der Waals surface area contributed by atoms with E-state index < -0.39 is 35.6 Å². The zero-order chi connectivity index (χ0) is 21.2. The van der Waals surface area contributed by atoms with Crippen molar-refractivity contribution in [3.63, 3.8) is 0 Å². The molecule has 3 heterocycles. The number of carbonyl (C=O) groups is 3. The average molecular weight is 408 g/mol. The third-order valence-electron chi connectivity index (χ3n) is 6.38. The minimum atomic E-state index is -1.03. The van der Waals surface area contributed by atoms with Crippen LogP contribution in [-0.4, -0.2) is 83.3 Å². The molecule has 162 valence electrons. The first-order valence-electron chi connectivity index (χ1n) is 10.6. The van der Waals surface area contributed by atoms with Gasteiger partial charge in [0.2, 0.25) is 11.8 Å². The molecule has 8 heteroatoms. The molecule has 29 heavy (non-hydrogen) atoms. The number of aliphatic hydroxyl groups is 1. The summed E-state index contributed by atoms with van der Waals surface area (Å²) >= 11 is 0. The van der Waals surface area contributed by atoms with Crippen LogP contribution < -0.4 is 0 Å². The lowest BCUT2D eigenvalue weighted by molar-refractivity contribution is -0.155. The molecule has 5 atom stereocenters. The van der Waals surface area contributed by atoms with Crippen LogP contribution in [0.5, 0.6) is 0 Å². The number of aliphatic hydroxyl groups excluding tert-OH is 1. The highest BCUT2D eigenvalue weighted by Gasteiger charge is 2.74. The second kappa shape index (κ2) is 8.83. The van der Waals surface area contributed by atoms with Gasteiger partial charge in [-0.1, -0.05) is 19.4 Å². The van der Waals surface area contributed by atoms with E-state index in [9.17, 15) is 19.5 Å². The summed E-state index contributed by atoms with van der Waals surface area (Å²) in [6, 6.07) is -0.839. The molecule has 3 fully saturated rings. The van der Waals surface area contributed by atoms with E-state index in [1.807, 2.05) is 6.92 Å². The number of esters is 1. The van der Waals surface area contributed by atoms with E-state index in [1.54, 1.807) is 17.9 Å². The standard InChI is InChI=1S/C21H32N2O6/c1-4-7-11-22(10-5-2)19(26)17-21-9-8-14(29-21)15(20(27)28-6-3)16(21)18(25)23(17)12-13-24/h5,14-17,24H,2,4,6-13H2,1,3H3/t14-,15+,16-,17?,21?/m0/s1. The molecule has 1 spiro atoms. The topological polar surface area (TPSA) is 96.4 Å². The molecule has 0 aromatic heterocycles. The molecule has 8 nitrogen and oxygen atoms in total. The summed E-state index contributed by atoms with van der Waals surface area (Å²) in [4.78, 5) is 42.7. The maximum Gasteiger partial charge on any atom is 0.312 e. The number of hydrogen-bond donors (Lipinski definition) is 1. The highest BCUT2D eigenvalue weighted by atomic mass is 16.6. The van der Waals surface area contributed by atoms with Crippen LogP contribution in [0.2, 0.25) is 0 Å². The lowest BCUT2D eigenvalue weighted by Crippen LogP contribution is -2.56. The molecule has 3 saturated heterocycles. The van der Waals surface area contributed by atoms with E-state index in [0.29, 0.717) is 25.9 Å². The van der Waals surface area contributed by atoms with Crippen LogP contribution in [0.15, 0.2) is 12.7 Å². The summed E-state index contributed by atoms with van der Waals surface area (Å²) in [5, 5.41) is 9.55. The number of likely N-dealkylation sites (tertiary alicyclic amines) is 1. The van der Waals surface area contributed by atoms with Crippen molar-refractivity contribution in [2.75, 3.05) is 32.8 Å². The lowest BCUT2D eigenvalue weighted by Gasteiger charge is -2.36. The first-order chi connectivity index (χ1) is 14.0. The molecular weight excluding hydrogens is 376 g/mol. The molecule has 0 aromatic rings. The normalized spacial score (nSPS) is 32.4. The average Bonchev–Trinajstić information content (AvgIpc) is 3.33. The molecule has 3 rings (SSSR count). The molecule has 1 N–H and O–H groups in total. The number of hydrogen-bond acceptors (Lipinski definition) is 6. The van der Waals surface area contributed by atoms with Crippen LogP contribution in [0, 0.1) is 11.8 Å². The van der Waals surface area contributed by atoms with Crippen LogP contribution in [0.1, 0.15) is 39.5 Å². The van der Waals surface area contributed by atoms with Crippen molar-refractivity contribution in [1.29, 1.82) is 0 Å². The van der Waals surface area contributed by atoms with Crippen molar-refractivity contribution >= 4 is 17.8 Å². The molecule has 2 bridgehead atoms. The Bertz CT molecular complexity index is 668. The van der Waals surface area contributed by atoms with Crippen LogP contribution in [0.4, 0.5) is 0 Å². The van der Waals surface area contributed by atoms with Crippen molar-refractivity contribution in [3.8, 4) is 0 Å². The van der Waals surface area contributed by atoms with Gasteiger partial charge in [-0.05, 0) is 26.2 Å². The predicted octanol–water partition coefficient (Wildman–Crippen LogP) is 0.731. The Morgan fingerprint density at radius 2 is 2.21 bits per heavy atom. The van der Waals surface area contributed by atoms with Gasteiger partial charge in [0.15, 0.2) is 0 Å². The minimum Gasteiger partial charge on any atom is -0.466 e. The number of β-amino-alcohol motifs (C(OH)–C–C–N with tert-alkyl or cyclic N) is 1. The molecular formula is C21H32N2O6. The quantitative estimate of drug-likeness (QED) is 0.423. The Kier molecular flexibility index (Phi) is 6.63. The van der Waals surface area contributed by atoms with E-state index in [1.165, 1.54) is 4.90 Å². The summed E-state index contributed by atoms with van der Waals surface area (Å²) in [7, 11) is 0. The number of ether oxygens (including phenoxy) is 2. The van der Waals surface area contributed by atoms with Crippen molar-refractivity contribution < 1.29 is 29.0 Å². The Morgan fingerprint density at radius 1 is 1.45 bits per heavy atom. The number of fused-ring (bicyclic) bond motifs is 1. The Labute approximate surface area is 171 Å². The summed E-state index contributed by atoms with van der Waals surface area (Å²) in [6.07, 6.45) is 4.19. The fraction of sp³-hybridized carbons (Fsp3) is 0.762. The fourth-order valence-corrected chi connectivity index (χ4v) is 5.26. The SMILES string of the molecule is C=CCN(CCCC)C(=O)C1N(CCO)C(=O)[C@@H]2[C@H](C(=O)OCC)[C@@H]3CCC12O3. The zero-order valence-corrected chi connectivity index (χ0v) is 17.3. The number of rotatable bonds is 10. The number of nitrogens with zero attached hydrogens (tertiary/aromatic N) is 2. The molecule has 0 saturated carbocycles. The highest BCUT2D eigenvalue weighted by Crippen LogP contribution is 2.58. The zero-order valence-electron chi connectivity index (χ0n) is 17.3. The van der Waals surface area contributed by atoms with Crippen molar-refractivity contribution in [2.24, 2.45) is 11.8 Å². The molecule has 2 unspecified atom stereocenters. The molecule has 0 aromatic carbocycles. The number of carbonyl (C=O) groups excluding carboxylic acids is 3. The van der Waals surface area contributed by atoms with Gasteiger partial charge >= 0.3 is 5.97 Å². The minimum absolute atomic E-state index is 0.0345. The molecule has 3 aliphatic rings. The van der Waals surface area contributed by atoms with Gasteiger partial charge in [0.1, 0.15) is 11.6 Å². The van der Waals surface area contributed by atoms with Crippen molar-refractivity contribution in [1.82, 2.24) is 9.80 Å². The van der Waals surface area contributed by atoms with Gasteiger partial charge < -0.3 is 24.4 Å². The largest absolute Gasteiger partial charge is 0.466 e. The Morgan fingerprint density at radius 3 is 2.83 bits per heavy atom.